The molecule has 0 radical (unpaired) electrons. The van der Waals surface area contributed by atoms with Crippen LogP contribution in [0.1, 0.15) is 245 Å². The molecule has 1 unspecified atom stereocenters. The van der Waals surface area contributed by atoms with Crippen LogP contribution in [0.2, 0.25) is 0 Å². The molecule has 0 saturated heterocycles. The minimum absolute atomic E-state index is 0.102. The zero-order chi connectivity index (χ0) is 49.3. The van der Waals surface area contributed by atoms with Crippen LogP contribution in [0.4, 0.5) is 0 Å². The molecule has 0 saturated carbocycles. The van der Waals surface area contributed by atoms with Crippen molar-refractivity contribution < 1.29 is 28.6 Å². The SMILES string of the molecule is CC\C=C/C=C\C=C/C=C\C=C\C=C/CCCCCC(=O)OCC(COC(=O)CCCCCCC/C=C\CCCCCCCCC)OC(=O)CCCCCCCCC/C=C\C/C=C\CCCCC. The second-order valence-electron chi connectivity index (χ2n) is 18.3. The maximum Gasteiger partial charge on any atom is 0.306 e. The first-order chi connectivity index (χ1) is 33.5. The Balaban J connectivity index is 4.51. The molecule has 6 heteroatoms. The van der Waals surface area contributed by atoms with Crippen molar-refractivity contribution in [3.8, 4) is 0 Å². The van der Waals surface area contributed by atoms with E-state index in [0.29, 0.717) is 19.3 Å². The fourth-order valence-electron chi connectivity index (χ4n) is 7.44. The second-order valence-corrected chi connectivity index (χ2v) is 18.3. The molecule has 0 aromatic rings. The molecule has 0 bridgehead atoms. The molecular weight excluding hydrogens is 841 g/mol. The van der Waals surface area contributed by atoms with Gasteiger partial charge in [-0.25, -0.2) is 0 Å². The monoisotopic (exact) mass is 943 g/mol. The number of unbranched alkanes of at least 4 members (excludes halogenated alkanes) is 25. The number of allylic oxidation sites excluding steroid dienone is 18. The minimum Gasteiger partial charge on any atom is -0.462 e. The lowest BCUT2D eigenvalue weighted by atomic mass is 10.1. The van der Waals surface area contributed by atoms with E-state index in [4.69, 9.17) is 14.2 Å². The van der Waals surface area contributed by atoms with Crippen molar-refractivity contribution in [2.75, 3.05) is 13.2 Å². The van der Waals surface area contributed by atoms with Gasteiger partial charge in [-0.2, -0.15) is 0 Å². The molecule has 0 fully saturated rings. The van der Waals surface area contributed by atoms with Gasteiger partial charge in [0.05, 0.1) is 0 Å². The van der Waals surface area contributed by atoms with E-state index in [2.05, 4.69) is 69.4 Å². The summed E-state index contributed by atoms with van der Waals surface area (Å²) in [6.45, 7) is 6.42. The summed E-state index contributed by atoms with van der Waals surface area (Å²) in [6.07, 6.45) is 74.9. The largest absolute Gasteiger partial charge is 0.462 e. The molecule has 1 atom stereocenters. The standard InChI is InChI=1S/C62H102O6/c1-4-7-10-13-16-19-22-25-28-31-34-37-40-43-46-49-52-55-61(64)67-58-59(57-66-60(63)54-51-48-45-42-39-36-33-30-27-24-21-18-15-12-9-6-3)68-62(65)56-53-50-47-44-41-38-35-32-29-26-23-20-17-14-11-8-5-2/h7,10,13,16-17,19-20,22,25-26,28-31,33-34,37,40,59H,4-6,8-9,11-12,14-15,18,21,23-24,27,32,35-36,38-39,41-58H2,1-3H3/b10-7-,16-13-,20-17-,22-19-,28-25-,29-26-,33-30-,34-31+,40-37-. The van der Waals surface area contributed by atoms with Crippen LogP contribution in [0.5, 0.6) is 0 Å². The third-order valence-corrected chi connectivity index (χ3v) is 11.6. The summed E-state index contributed by atoms with van der Waals surface area (Å²) in [5.74, 6) is -0.962. The first-order valence-electron chi connectivity index (χ1n) is 28.0. The molecule has 0 rings (SSSR count). The van der Waals surface area contributed by atoms with E-state index >= 15 is 0 Å². The van der Waals surface area contributed by atoms with Crippen molar-refractivity contribution in [1.29, 1.82) is 0 Å². The molecule has 0 aliphatic carbocycles. The van der Waals surface area contributed by atoms with E-state index < -0.39 is 6.10 Å². The summed E-state index contributed by atoms with van der Waals surface area (Å²) in [5, 5.41) is 0. The number of carbonyl (C=O) groups is 3. The van der Waals surface area contributed by atoms with Gasteiger partial charge in [-0.3, -0.25) is 14.4 Å². The van der Waals surface area contributed by atoms with Crippen LogP contribution in [0.15, 0.2) is 109 Å². The molecular formula is C62H102O6. The second kappa shape index (κ2) is 55.7. The summed E-state index contributed by atoms with van der Waals surface area (Å²) in [7, 11) is 0. The number of rotatable bonds is 49. The van der Waals surface area contributed by atoms with Crippen molar-refractivity contribution in [3.63, 3.8) is 0 Å². The average Bonchev–Trinajstić information content (AvgIpc) is 3.34. The van der Waals surface area contributed by atoms with E-state index in [9.17, 15) is 14.4 Å². The lowest BCUT2D eigenvalue weighted by Gasteiger charge is -2.18. The van der Waals surface area contributed by atoms with Gasteiger partial charge in [0, 0.05) is 19.3 Å². The molecule has 0 aromatic carbocycles. The molecule has 0 aliphatic heterocycles. The highest BCUT2D eigenvalue weighted by atomic mass is 16.6. The van der Waals surface area contributed by atoms with Gasteiger partial charge in [0.2, 0.25) is 0 Å². The molecule has 0 spiro atoms. The highest BCUT2D eigenvalue weighted by Gasteiger charge is 2.19. The highest BCUT2D eigenvalue weighted by Crippen LogP contribution is 2.14. The topological polar surface area (TPSA) is 78.9 Å². The Morgan fingerprint density at radius 1 is 0.324 bits per heavy atom. The molecule has 6 nitrogen and oxygen atoms in total. The lowest BCUT2D eigenvalue weighted by Crippen LogP contribution is -2.30. The summed E-state index contributed by atoms with van der Waals surface area (Å²) in [6, 6.07) is 0. The summed E-state index contributed by atoms with van der Waals surface area (Å²) >= 11 is 0. The normalized spacial score (nSPS) is 12.9. The van der Waals surface area contributed by atoms with Crippen LogP contribution in [-0.4, -0.2) is 37.2 Å². The molecule has 0 aromatic heterocycles. The van der Waals surface area contributed by atoms with Crippen LogP contribution in [0.3, 0.4) is 0 Å². The van der Waals surface area contributed by atoms with E-state index in [1.165, 1.54) is 109 Å². The molecule has 386 valence electrons. The van der Waals surface area contributed by atoms with Crippen molar-refractivity contribution in [2.45, 2.75) is 252 Å². The van der Waals surface area contributed by atoms with Gasteiger partial charge in [-0.15, -0.1) is 0 Å². The number of carbonyl (C=O) groups excluding carboxylic acids is 3. The van der Waals surface area contributed by atoms with Crippen LogP contribution in [0, 0.1) is 0 Å². The van der Waals surface area contributed by atoms with Crippen LogP contribution >= 0.6 is 0 Å². The number of hydrogen-bond acceptors (Lipinski definition) is 6. The fourth-order valence-corrected chi connectivity index (χ4v) is 7.44. The molecule has 0 aliphatic rings. The smallest absolute Gasteiger partial charge is 0.306 e. The first-order valence-corrected chi connectivity index (χ1v) is 28.0. The van der Waals surface area contributed by atoms with Gasteiger partial charge in [0.1, 0.15) is 13.2 Å². The van der Waals surface area contributed by atoms with Crippen molar-refractivity contribution >= 4 is 17.9 Å². The zero-order valence-corrected chi connectivity index (χ0v) is 44.1. The molecule has 68 heavy (non-hydrogen) atoms. The van der Waals surface area contributed by atoms with E-state index in [1.807, 2.05) is 60.8 Å². The van der Waals surface area contributed by atoms with Gasteiger partial charge in [0.25, 0.3) is 0 Å². The Morgan fingerprint density at radius 3 is 1.07 bits per heavy atom. The van der Waals surface area contributed by atoms with E-state index in [0.717, 1.165) is 96.3 Å². The predicted molar refractivity (Wildman–Crippen MR) is 293 cm³/mol. The quantitative estimate of drug-likeness (QED) is 0.0199. The fraction of sp³-hybridized carbons (Fsp3) is 0.661. The van der Waals surface area contributed by atoms with Gasteiger partial charge < -0.3 is 14.2 Å². The summed E-state index contributed by atoms with van der Waals surface area (Å²) in [5.41, 5.74) is 0. The average molecular weight is 943 g/mol. The van der Waals surface area contributed by atoms with Crippen molar-refractivity contribution in [1.82, 2.24) is 0 Å². The molecule has 0 amide bonds. The Morgan fingerprint density at radius 2 is 0.632 bits per heavy atom. The van der Waals surface area contributed by atoms with Crippen LogP contribution < -0.4 is 0 Å². The maximum atomic E-state index is 12.8. The van der Waals surface area contributed by atoms with Crippen LogP contribution in [-0.2, 0) is 28.6 Å². The molecule has 0 heterocycles. The Bertz CT molecular complexity index is 1410. The van der Waals surface area contributed by atoms with Gasteiger partial charge in [-0.05, 0) is 96.3 Å². The number of hydrogen-bond donors (Lipinski definition) is 0. The summed E-state index contributed by atoms with van der Waals surface area (Å²) in [4.78, 5) is 38.1. The lowest BCUT2D eigenvalue weighted by molar-refractivity contribution is -0.167. The van der Waals surface area contributed by atoms with Crippen LogP contribution in [0.25, 0.3) is 0 Å². The van der Waals surface area contributed by atoms with Gasteiger partial charge >= 0.3 is 17.9 Å². The Hall–Kier alpha value is -3.93. The van der Waals surface area contributed by atoms with Crippen molar-refractivity contribution in [2.24, 2.45) is 0 Å². The summed E-state index contributed by atoms with van der Waals surface area (Å²) < 4.78 is 16.8. The van der Waals surface area contributed by atoms with Gasteiger partial charge in [0.15, 0.2) is 6.10 Å². The zero-order valence-electron chi connectivity index (χ0n) is 44.1. The highest BCUT2D eigenvalue weighted by molar-refractivity contribution is 5.71. The molecule has 0 N–H and O–H groups in total. The van der Waals surface area contributed by atoms with E-state index in [1.54, 1.807) is 0 Å². The number of esters is 3. The Labute approximate surface area is 419 Å². The number of ether oxygens (including phenoxy) is 3. The van der Waals surface area contributed by atoms with Crippen molar-refractivity contribution in [3.05, 3.63) is 109 Å². The predicted octanol–water partition coefficient (Wildman–Crippen LogP) is 18.7. The maximum absolute atomic E-state index is 12.8. The van der Waals surface area contributed by atoms with E-state index in [-0.39, 0.29) is 31.1 Å². The van der Waals surface area contributed by atoms with Gasteiger partial charge in [-0.1, -0.05) is 239 Å². The third-order valence-electron chi connectivity index (χ3n) is 11.6. The Kier molecular flexibility index (Phi) is 52.4. The third kappa shape index (κ3) is 53.0. The minimum atomic E-state index is -0.806. The first kappa shape index (κ1) is 64.1.